The van der Waals surface area contributed by atoms with Gasteiger partial charge in [0.2, 0.25) is 5.91 Å². The van der Waals surface area contributed by atoms with Gasteiger partial charge in [-0.25, -0.2) is 0 Å². The summed E-state index contributed by atoms with van der Waals surface area (Å²) in [7, 11) is 0. The van der Waals surface area contributed by atoms with Gasteiger partial charge in [0.1, 0.15) is 5.69 Å². The van der Waals surface area contributed by atoms with Crippen LogP contribution in [-0.4, -0.2) is 41.6 Å². The number of rotatable bonds is 4. The van der Waals surface area contributed by atoms with Gasteiger partial charge in [-0.05, 0) is 32.0 Å². The van der Waals surface area contributed by atoms with E-state index in [-0.39, 0.29) is 5.91 Å². The van der Waals surface area contributed by atoms with E-state index in [0.717, 1.165) is 42.7 Å². The molecule has 1 amide bonds. The van der Waals surface area contributed by atoms with Crippen LogP contribution < -0.4 is 5.32 Å². The molecule has 2 aromatic rings. The molecule has 1 N–H and O–H groups in total. The fourth-order valence-corrected chi connectivity index (χ4v) is 2.85. The molecule has 1 fully saturated rings. The molecule has 1 unspecified atom stereocenters. The molecule has 0 radical (unpaired) electrons. The molecule has 1 aromatic carbocycles. The molecule has 0 spiro atoms. The van der Waals surface area contributed by atoms with Crippen LogP contribution in [0, 0.1) is 0 Å². The van der Waals surface area contributed by atoms with Crippen molar-refractivity contribution < 1.29 is 9.32 Å². The SMILES string of the molecule is CCN(C(=O)Cc1noc2ccccc12)C1CCNC1. The van der Waals surface area contributed by atoms with E-state index >= 15 is 0 Å². The number of carbonyl (C=O) groups is 1. The Labute approximate surface area is 117 Å². The molecular formula is C15H19N3O2. The highest BCUT2D eigenvalue weighted by molar-refractivity contribution is 5.86. The number of hydrogen-bond acceptors (Lipinski definition) is 4. The third kappa shape index (κ3) is 2.41. The molecule has 20 heavy (non-hydrogen) atoms. The molecule has 2 heterocycles. The number of fused-ring (bicyclic) bond motifs is 1. The zero-order chi connectivity index (χ0) is 13.9. The van der Waals surface area contributed by atoms with Crippen molar-refractivity contribution in [2.24, 2.45) is 0 Å². The second-order valence-electron chi connectivity index (χ2n) is 5.13. The first-order valence-electron chi connectivity index (χ1n) is 7.13. The van der Waals surface area contributed by atoms with Crippen molar-refractivity contribution in [1.82, 2.24) is 15.4 Å². The van der Waals surface area contributed by atoms with Crippen LogP contribution in [0.3, 0.4) is 0 Å². The lowest BCUT2D eigenvalue weighted by atomic mass is 10.1. The van der Waals surface area contributed by atoms with E-state index < -0.39 is 0 Å². The van der Waals surface area contributed by atoms with E-state index in [0.29, 0.717) is 12.5 Å². The molecule has 5 heteroatoms. The average Bonchev–Trinajstić information content (AvgIpc) is 3.10. The largest absolute Gasteiger partial charge is 0.356 e. The quantitative estimate of drug-likeness (QED) is 0.919. The minimum Gasteiger partial charge on any atom is -0.356 e. The van der Waals surface area contributed by atoms with Gasteiger partial charge in [0.05, 0.1) is 6.42 Å². The summed E-state index contributed by atoms with van der Waals surface area (Å²) in [6, 6.07) is 7.97. The fourth-order valence-electron chi connectivity index (χ4n) is 2.85. The van der Waals surface area contributed by atoms with Crippen molar-refractivity contribution in [3.8, 4) is 0 Å². The summed E-state index contributed by atoms with van der Waals surface area (Å²) in [5.74, 6) is 0.125. The fraction of sp³-hybridized carbons (Fsp3) is 0.467. The number of nitrogens with zero attached hydrogens (tertiary/aromatic N) is 2. The van der Waals surface area contributed by atoms with Crippen molar-refractivity contribution in [1.29, 1.82) is 0 Å². The van der Waals surface area contributed by atoms with Crippen LogP contribution in [0.25, 0.3) is 11.0 Å². The summed E-state index contributed by atoms with van der Waals surface area (Å²) in [6.07, 6.45) is 1.33. The third-order valence-electron chi connectivity index (χ3n) is 3.91. The van der Waals surface area contributed by atoms with Crippen LogP contribution in [0.2, 0.25) is 0 Å². The molecule has 1 aliphatic rings. The number of amides is 1. The van der Waals surface area contributed by atoms with E-state index in [1.54, 1.807) is 0 Å². The van der Waals surface area contributed by atoms with Crippen LogP contribution in [0.5, 0.6) is 0 Å². The van der Waals surface area contributed by atoms with Gasteiger partial charge >= 0.3 is 0 Å². The van der Waals surface area contributed by atoms with E-state index in [1.165, 1.54) is 0 Å². The minimum atomic E-state index is 0.125. The van der Waals surface area contributed by atoms with Crippen LogP contribution in [0.15, 0.2) is 28.8 Å². The predicted octanol–water partition coefficient (Wildman–Crippen LogP) is 1.58. The first-order chi connectivity index (χ1) is 9.79. The van der Waals surface area contributed by atoms with Crippen molar-refractivity contribution in [2.75, 3.05) is 19.6 Å². The molecule has 0 aliphatic carbocycles. The number of aromatic nitrogens is 1. The smallest absolute Gasteiger partial charge is 0.229 e. The summed E-state index contributed by atoms with van der Waals surface area (Å²) in [4.78, 5) is 14.4. The Kier molecular flexibility index (Phi) is 3.69. The van der Waals surface area contributed by atoms with Crippen molar-refractivity contribution >= 4 is 16.9 Å². The molecule has 0 bridgehead atoms. The van der Waals surface area contributed by atoms with Crippen LogP contribution in [0.4, 0.5) is 0 Å². The number of nitrogens with one attached hydrogen (secondary N) is 1. The summed E-state index contributed by atoms with van der Waals surface area (Å²) in [5.41, 5.74) is 1.47. The van der Waals surface area contributed by atoms with Gasteiger partial charge in [-0.15, -0.1) is 0 Å². The van der Waals surface area contributed by atoms with Crippen molar-refractivity contribution in [3.05, 3.63) is 30.0 Å². The molecule has 0 saturated carbocycles. The maximum atomic E-state index is 12.5. The molecular weight excluding hydrogens is 254 g/mol. The second kappa shape index (κ2) is 5.63. The normalized spacial score (nSPS) is 18.6. The first-order valence-corrected chi connectivity index (χ1v) is 7.13. The third-order valence-corrected chi connectivity index (χ3v) is 3.91. The van der Waals surface area contributed by atoms with Crippen LogP contribution >= 0.6 is 0 Å². The van der Waals surface area contributed by atoms with Gasteiger partial charge in [-0.1, -0.05) is 17.3 Å². The Hall–Kier alpha value is -1.88. The summed E-state index contributed by atoms with van der Waals surface area (Å²) in [5, 5.41) is 8.27. The Bertz CT molecular complexity index is 602. The number of para-hydroxylation sites is 1. The second-order valence-corrected chi connectivity index (χ2v) is 5.13. The lowest BCUT2D eigenvalue weighted by Crippen LogP contribution is -2.42. The highest BCUT2D eigenvalue weighted by Crippen LogP contribution is 2.19. The number of hydrogen-bond donors (Lipinski definition) is 1. The van der Waals surface area contributed by atoms with Crippen molar-refractivity contribution in [3.63, 3.8) is 0 Å². The molecule has 1 aromatic heterocycles. The Morgan fingerprint density at radius 3 is 3.10 bits per heavy atom. The van der Waals surface area contributed by atoms with Crippen LogP contribution in [-0.2, 0) is 11.2 Å². The summed E-state index contributed by atoms with van der Waals surface area (Å²) < 4.78 is 5.26. The van der Waals surface area contributed by atoms with Crippen LogP contribution in [0.1, 0.15) is 19.0 Å². The van der Waals surface area contributed by atoms with Gasteiger partial charge in [0.25, 0.3) is 0 Å². The number of likely N-dealkylation sites (N-methyl/N-ethyl adjacent to an activating group) is 1. The average molecular weight is 273 g/mol. The van der Waals surface area contributed by atoms with Gasteiger partial charge in [0.15, 0.2) is 5.58 Å². The standard InChI is InChI=1S/C15H19N3O2/c1-2-18(11-7-8-16-10-11)15(19)9-13-12-5-3-4-6-14(12)20-17-13/h3-6,11,16H,2,7-10H2,1H3. The van der Waals surface area contributed by atoms with E-state index in [1.807, 2.05) is 36.1 Å². The number of carbonyl (C=O) groups excluding carboxylic acids is 1. The molecule has 1 atom stereocenters. The molecule has 5 nitrogen and oxygen atoms in total. The monoisotopic (exact) mass is 273 g/mol. The molecule has 1 saturated heterocycles. The van der Waals surface area contributed by atoms with E-state index in [2.05, 4.69) is 10.5 Å². The molecule has 3 rings (SSSR count). The van der Waals surface area contributed by atoms with Gasteiger partial charge < -0.3 is 14.7 Å². The molecule has 106 valence electrons. The lowest BCUT2D eigenvalue weighted by Gasteiger charge is -2.26. The van der Waals surface area contributed by atoms with Gasteiger partial charge in [-0.2, -0.15) is 0 Å². The van der Waals surface area contributed by atoms with Gasteiger partial charge in [-0.3, -0.25) is 4.79 Å². The maximum Gasteiger partial charge on any atom is 0.229 e. The predicted molar refractivity (Wildman–Crippen MR) is 76.4 cm³/mol. The van der Waals surface area contributed by atoms with Crippen molar-refractivity contribution in [2.45, 2.75) is 25.8 Å². The molecule has 1 aliphatic heterocycles. The Morgan fingerprint density at radius 2 is 2.35 bits per heavy atom. The minimum absolute atomic E-state index is 0.125. The van der Waals surface area contributed by atoms with E-state index in [4.69, 9.17) is 4.52 Å². The zero-order valence-corrected chi connectivity index (χ0v) is 11.6. The lowest BCUT2D eigenvalue weighted by molar-refractivity contribution is -0.132. The zero-order valence-electron chi connectivity index (χ0n) is 11.6. The highest BCUT2D eigenvalue weighted by Gasteiger charge is 2.26. The topological polar surface area (TPSA) is 58.4 Å². The van der Waals surface area contributed by atoms with E-state index in [9.17, 15) is 4.79 Å². The maximum absolute atomic E-state index is 12.5. The number of benzene rings is 1. The summed E-state index contributed by atoms with van der Waals surface area (Å²) >= 11 is 0. The summed E-state index contributed by atoms with van der Waals surface area (Å²) in [6.45, 7) is 4.64. The Morgan fingerprint density at radius 1 is 1.50 bits per heavy atom. The Balaban J connectivity index is 1.77. The highest BCUT2D eigenvalue weighted by atomic mass is 16.5. The van der Waals surface area contributed by atoms with Gasteiger partial charge in [0, 0.05) is 24.5 Å². The first kappa shape index (κ1) is 13.1.